The highest BCUT2D eigenvalue weighted by Gasteiger charge is 2.48. The summed E-state index contributed by atoms with van der Waals surface area (Å²) in [5, 5.41) is 104. The zero-order valence-electron chi connectivity index (χ0n) is 33.1. The molecule has 0 bridgehead atoms. The van der Waals surface area contributed by atoms with E-state index in [-0.39, 0.29) is 51.0 Å². The van der Waals surface area contributed by atoms with Gasteiger partial charge in [-0.25, -0.2) is 9.21 Å². The quantitative estimate of drug-likeness (QED) is 0.0329. The molecule has 0 aliphatic carbocycles. The number of benzene rings is 3. The number of carbonyl (C=O) groups is 3. The number of aromatic hydroxyl groups is 3. The molecule has 0 amide bonds. The third-order valence-electron chi connectivity index (χ3n) is 9.76. The largest absolute Gasteiger partial charge is 0.508 e. The summed E-state index contributed by atoms with van der Waals surface area (Å²) in [5.74, 6) is -5.50. The van der Waals surface area contributed by atoms with Crippen LogP contribution in [0.25, 0.3) is 28.4 Å². The maximum Gasteiger partial charge on any atom is 0.402 e. The van der Waals surface area contributed by atoms with Gasteiger partial charge in [0, 0.05) is 30.3 Å². The van der Waals surface area contributed by atoms with E-state index in [2.05, 4.69) is 0 Å². The van der Waals surface area contributed by atoms with Crippen LogP contribution < -0.4 is 18.9 Å². The van der Waals surface area contributed by atoms with Gasteiger partial charge in [0.25, 0.3) is 0 Å². The second kappa shape index (κ2) is 19.7. The SMILES string of the molecule is COc1cc(-c2[o+]c3cc(O)cc(OC4OC(COC(=O)CC(=O)O)C(O)C(O)C4O)c3cc2OC2OC(COC(=O)C=Cc3ccc(O)cc3)C(O)C(O)C2O)cc(OC)c1O. The molecule has 1 aromatic heterocycles. The highest BCUT2D eigenvalue weighted by atomic mass is 16.7. The summed E-state index contributed by atoms with van der Waals surface area (Å²) < 4.78 is 50.3. The zero-order chi connectivity index (χ0) is 45.7. The number of aliphatic hydroxyl groups excluding tert-OH is 6. The molecule has 338 valence electrons. The number of phenols is 3. The van der Waals surface area contributed by atoms with Crippen LogP contribution in [0.1, 0.15) is 12.0 Å². The normalized spacial score (nSPS) is 25.9. The number of hydrogen-bond acceptors (Lipinski definition) is 20. The van der Waals surface area contributed by atoms with Crippen LogP contribution in [0.15, 0.2) is 65.1 Å². The van der Waals surface area contributed by atoms with Gasteiger partial charge in [-0.15, -0.1) is 0 Å². The number of ether oxygens (including phenoxy) is 8. The van der Waals surface area contributed by atoms with E-state index in [0.717, 1.165) is 18.2 Å². The summed E-state index contributed by atoms with van der Waals surface area (Å²) >= 11 is 0. The number of hydrogen-bond donors (Lipinski definition) is 10. The highest BCUT2D eigenvalue weighted by molar-refractivity contribution is 5.90. The van der Waals surface area contributed by atoms with E-state index in [1.807, 2.05) is 0 Å². The van der Waals surface area contributed by atoms with Crippen LogP contribution in [0.2, 0.25) is 0 Å². The molecular weight excluding hydrogens is 844 g/mol. The predicted octanol–water partition coefficient (Wildman–Crippen LogP) is 0.162. The molecule has 0 radical (unpaired) electrons. The van der Waals surface area contributed by atoms with E-state index >= 15 is 0 Å². The van der Waals surface area contributed by atoms with Crippen molar-refractivity contribution in [2.75, 3.05) is 27.4 Å². The van der Waals surface area contributed by atoms with Crippen molar-refractivity contribution in [3.05, 3.63) is 66.2 Å². The van der Waals surface area contributed by atoms with Gasteiger partial charge in [-0.1, -0.05) is 12.1 Å². The number of phenolic OH excluding ortho intramolecular Hbond substituents is 3. The Balaban J connectivity index is 1.34. The van der Waals surface area contributed by atoms with E-state index in [4.69, 9.17) is 47.4 Å². The van der Waals surface area contributed by atoms with Gasteiger partial charge in [-0.3, -0.25) is 9.59 Å². The van der Waals surface area contributed by atoms with Crippen LogP contribution in [0.4, 0.5) is 0 Å². The number of rotatable bonds is 15. The van der Waals surface area contributed by atoms with Gasteiger partial charge in [-0.05, 0) is 23.8 Å². The minimum absolute atomic E-state index is 0.0145. The Morgan fingerprint density at radius 1 is 0.667 bits per heavy atom. The Bertz CT molecular complexity index is 2290. The number of methoxy groups -OCH3 is 2. The number of carboxylic acids is 1. The first-order valence-electron chi connectivity index (χ1n) is 18.8. The van der Waals surface area contributed by atoms with E-state index in [1.165, 1.54) is 62.8 Å². The molecule has 2 aliphatic heterocycles. The van der Waals surface area contributed by atoms with Crippen LogP contribution >= 0.6 is 0 Å². The first kappa shape index (κ1) is 46.0. The first-order valence-corrected chi connectivity index (χ1v) is 18.8. The third-order valence-corrected chi connectivity index (χ3v) is 9.76. The maximum atomic E-state index is 12.6. The molecule has 0 spiro atoms. The smallest absolute Gasteiger partial charge is 0.402 e. The van der Waals surface area contributed by atoms with Crippen molar-refractivity contribution in [3.63, 3.8) is 0 Å². The Hall–Kier alpha value is -6.50. The number of esters is 2. The van der Waals surface area contributed by atoms with Crippen LogP contribution in [0.5, 0.6) is 40.2 Å². The Kier molecular flexibility index (Phi) is 14.4. The summed E-state index contributed by atoms with van der Waals surface area (Å²) in [5.41, 5.74) is 0.480. The molecule has 3 heterocycles. The minimum Gasteiger partial charge on any atom is -0.508 e. The fourth-order valence-corrected chi connectivity index (χ4v) is 6.45. The van der Waals surface area contributed by atoms with Gasteiger partial charge in [-0.2, -0.15) is 0 Å². The molecule has 2 aliphatic rings. The molecular formula is C41H43O22+. The van der Waals surface area contributed by atoms with Crippen LogP contribution in [-0.4, -0.2) is 158 Å². The second-order valence-electron chi connectivity index (χ2n) is 14.1. The third kappa shape index (κ3) is 10.6. The average Bonchev–Trinajstić information content (AvgIpc) is 3.25. The summed E-state index contributed by atoms with van der Waals surface area (Å²) in [4.78, 5) is 35.3. The number of carbonyl (C=O) groups excluding carboxylic acids is 2. The summed E-state index contributed by atoms with van der Waals surface area (Å²) in [6.07, 6.45) is -16.8. The molecule has 10 atom stereocenters. The van der Waals surface area contributed by atoms with Crippen molar-refractivity contribution in [2.24, 2.45) is 0 Å². The van der Waals surface area contributed by atoms with Crippen LogP contribution in [0, 0.1) is 0 Å². The molecule has 0 saturated carbocycles. The van der Waals surface area contributed by atoms with Crippen molar-refractivity contribution in [1.29, 1.82) is 0 Å². The lowest BCUT2D eigenvalue weighted by atomic mass is 9.99. The Morgan fingerprint density at radius 3 is 1.78 bits per heavy atom. The van der Waals surface area contributed by atoms with Crippen LogP contribution in [0.3, 0.4) is 0 Å². The van der Waals surface area contributed by atoms with Gasteiger partial charge < -0.3 is 89.0 Å². The molecule has 22 nitrogen and oxygen atoms in total. The Morgan fingerprint density at radius 2 is 1.22 bits per heavy atom. The lowest BCUT2D eigenvalue weighted by molar-refractivity contribution is -0.278. The highest BCUT2D eigenvalue weighted by Crippen LogP contribution is 2.46. The van der Waals surface area contributed by atoms with Gasteiger partial charge in [0.15, 0.2) is 11.5 Å². The molecule has 63 heavy (non-hydrogen) atoms. The molecule has 22 heteroatoms. The van der Waals surface area contributed by atoms with Crippen LogP contribution in [-0.2, 0) is 33.3 Å². The van der Waals surface area contributed by atoms with Gasteiger partial charge in [0.05, 0.1) is 25.8 Å². The first-order chi connectivity index (χ1) is 30.0. The fraction of sp³-hybridized carbons (Fsp3) is 0.366. The Labute approximate surface area is 355 Å². The molecule has 10 unspecified atom stereocenters. The fourth-order valence-electron chi connectivity index (χ4n) is 6.45. The average molecular weight is 888 g/mol. The number of aliphatic carboxylic acids is 1. The number of aliphatic hydroxyl groups is 6. The van der Waals surface area contributed by atoms with Gasteiger partial charge in [0.2, 0.25) is 24.1 Å². The maximum absolute atomic E-state index is 12.6. The lowest BCUT2D eigenvalue weighted by Crippen LogP contribution is -2.60. The molecule has 4 aromatic rings. The van der Waals surface area contributed by atoms with Crippen molar-refractivity contribution in [3.8, 4) is 51.6 Å². The van der Waals surface area contributed by atoms with Gasteiger partial charge >= 0.3 is 29.3 Å². The van der Waals surface area contributed by atoms with E-state index < -0.39 is 110 Å². The van der Waals surface area contributed by atoms with Crippen molar-refractivity contribution >= 4 is 35.0 Å². The minimum atomic E-state index is -1.97. The van der Waals surface area contributed by atoms with Crippen molar-refractivity contribution < 1.29 is 108 Å². The van der Waals surface area contributed by atoms with E-state index in [9.17, 15) is 60.3 Å². The van der Waals surface area contributed by atoms with E-state index in [0.29, 0.717) is 5.56 Å². The number of carboxylic acid groups (broad SMARTS) is 1. The standard InChI is InChI=1S/C41H42O22/c1-55-24-9-18(10-25(56-2)32(24)48)39-26(61-41-38(54)36(52)33(49)27(63-41)15-57-30(46)8-5-17-3-6-19(42)7-4-17)13-21-22(59-39)11-20(43)12-23(21)60-40-37(53)35(51)34(50)28(62-40)16-58-31(47)14-29(44)45/h3-13,27-28,33-38,40-41,49-54H,14-16H2,1-2H3,(H3-,42,43,44,45,46,48)/p+1. The second-order valence-corrected chi connectivity index (χ2v) is 14.1. The topological polar surface area (TPSA) is 339 Å². The van der Waals surface area contributed by atoms with Crippen molar-refractivity contribution in [2.45, 2.75) is 67.8 Å². The molecule has 3 aromatic carbocycles. The summed E-state index contributed by atoms with van der Waals surface area (Å²) in [7, 11) is 2.51. The summed E-state index contributed by atoms with van der Waals surface area (Å²) in [6.45, 7) is -1.42. The molecule has 2 saturated heterocycles. The molecule has 2 fully saturated rings. The van der Waals surface area contributed by atoms with Crippen molar-refractivity contribution in [1.82, 2.24) is 0 Å². The number of fused-ring (bicyclic) bond motifs is 1. The predicted molar refractivity (Wildman–Crippen MR) is 208 cm³/mol. The molecule has 10 N–H and O–H groups in total. The van der Waals surface area contributed by atoms with E-state index in [1.54, 1.807) is 0 Å². The molecule has 6 rings (SSSR count). The van der Waals surface area contributed by atoms with Gasteiger partial charge in [0.1, 0.15) is 91.1 Å². The zero-order valence-corrected chi connectivity index (χ0v) is 33.1. The summed E-state index contributed by atoms with van der Waals surface area (Å²) in [6, 6.07) is 11.9. The monoisotopic (exact) mass is 887 g/mol. The lowest BCUT2D eigenvalue weighted by Gasteiger charge is -2.40.